The van der Waals surface area contributed by atoms with Gasteiger partial charge in [0.25, 0.3) is 5.91 Å². The van der Waals surface area contributed by atoms with Crippen LogP contribution in [0.3, 0.4) is 0 Å². The Morgan fingerprint density at radius 3 is 2.94 bits per heavy atom. The summed E-state index contributed by atoms with van der Waals surface area (Å²) in [5.74, 6) is 0.0121. The van der Waals surface area contributed by atoms with E-state index in [2.05, 4.69) is 23.3 Å². The summed E-state index contributed by atoms with van der Waals surface area (Å²) in [4.78, 5) is 15.0. The Kier molecular flexibility index (Phi) is 1.99. The number of hydrogen-bond acceptors (Lipinski definition) is 1. The summed E-state index contributed by atoms with van der Waals surface area (Å²) in [5, 5.41) is 4.11. The van der Waals surface area contributed by atoms with Crippen LogP contribution in [-0.4, -0.2) is 16.9 Å². The zero-order valence-electron chi connectivity index (χ0n) is 9.21. The van der Waals surface area contributed by atoms with Crippen LogP contribution in [0.15, 0.2) is 24.3 Å². The van der Waals surface area contributed by atoms with Gasteiger partial charge >= 0.3 is 0 Å². The lowest BCUT2D eigenvalue weighted by atomic mass is 10.1. The molecule has 0 saturated heterocycles. The van der Waals surface area contributed by atoms with Gasteiger partial charge in [-0.2, -0.15) is 0 Å². The first kappa shape index (κ1) is 9.46. The number of aromatic amines is 1. The molecule has 0 unspecified atom stereocenters. The van der Waals surface area contributed by atoms with E-state index in [0.717, 1.165) is 23.7 Å². The van der Waals surface area contributed by atoms with E-state index in [4.69, 9.17) is 0 Å². The number of amides is 1. The second-order valence-corrected chi connectivity index (χ2v) is 4.47. The third kappa shape index (κ3) is 1.58. The predicted octanol–water partition coefficient (Wildman–Crippen LogP) is 2.37. The normalized spacial score (nSPS) is 15.3. The van der Waals surface area contributed by atoms with Gasteiger partial charge in [0, 0.05) is 16.9 Å². The summed E-state index contributed by atoms with van der Waals surface area (Å²) < 4.78 is 0. The molecule has 3 nitrogen and oxygen atoms in total. The van der Waals surface area contributed by atoms with Gasteiger partial charge in [-0.15, -0.1) is 0 Å². The van der Waals surface area contributed by atoms with Gasteiger partial charge in [-0.05, 0) is 37.5 Å². The number of benzene rings is 1. The molecular formula is C13H14N2O. The topological polar surface area (TPSA) is 44.9 Å². The summed E-state index contributed by atoms with van der Waals surface area (Å²) >= 11 is 0. The summed E-state index contributed by atoms with van der Waals surface area (Å²) in [6.45, 7) is 2.05. The Bertz CT molecular complexity index is 552. The number of aryl methyl sites for hydroxylation is 1. The second-order valence-electron chi connectivity index (χ2n) is 4.47. The minimum atomic E-state index is 0.0121. The number of aromatic nitrogens is 1. The molecule has 16 heavy (non-hydrogen) atoms. The number of H-pyrrole nitrogens is 1. The smallest absolute Gasteiger partial charge is 0.267 e. The van der Waals surface area contributed by atoms with Crippen LogP contribution in [0.4, 0.5) is 0 Å². The van der Waals surface area contributed by atoms with Crippen molar-refractivity contribution in [2.24, 2.45) is 0 Å². The van der Waals surface area contributed by atoms with E-state index in [1.54, 1.807) is 0 Å². The number of hydrogen-bond donors (Lipinski definition) is 2. The summed E-state index contributed by atoms with van der Waals surface area (Å²) in [6.07, 6.45) is 2.23. The maximum absolute atomic E-state index is 11.8. The first-order valence-corrected chi connectivity index (χ1v) is 5.63. The molecule has 2 N–H and O–H groups in total. The van der Waals surface area contributed by atoms with Gasteiger partial charge in [-0.3, -0.25) is 4.79 Å². The Morgan fingerprint density at radius 1 is 1.44 bits per heavy atom. The standard InChI is InChI=1S/C13H14N2O/c1-8-3-2-4-11-10(8)7-12(15-11)13(16)14-9-5-6-9/h2-4,7,9,15H,5-6H2,1H3,(H,14,16). The highest BCUT2D eigenvalue weighted by molar-refractivity contribution is 5.99. The maximum Gasteiger partial charge on any atom is 0.267 e. The highest BCUT2D eigenvalue weighted by atomic mass is 16.2. The molecule has 2 aromatic rings. The summed E-state index contributed by atoms with van der Waals surface area (Å²) in [7, 11) is 0. The largest absolute Gasteiger partial charge is 0.351 e. The monoisotopic (exact) mass is 214 g/mol. The molecule has 0 aliphatic heterocycles. The predicted molar refractivity (Wildman–Crippen MR) is 63.5 cm³/mol. The third-order valence-corrected chi connectivity index (χ3v) is 3.04. The van der Waals surface area contributed by atoms with Crippen molar-refractivity contribution in [2.75, 3.05) is 0 Å². The van der Waals surface area contributed by atoms with E-state index in [0.29, 0.717) is 11.7 Å². The summed E-state index contributed by atoms with van der Waals surface area (Å²) in [5.41, 5.74) is 2.89. The van der Waals surface area contributed by atoms with Crippen LogP contribution in [0.5, 0.6) is 0 Å². The maximum atomic E-state index is 11.8. The van der Waals surface area contributed by atoms with Crippen molar-refractivity contribution in [2.45, 2.75) is 25.8 Å². The van der Waals surface area contributed by atoms with Crippen LogP contribution < -0.4 is 5.32 Å². The average Bonchev–Trinajstić information content (AvgIpc) is 2.95. The number of rotatable bonds is 2. The zero-order chi connectivity index (χ0) is 11.1. The molecule has 1 aliphatic rings. The molecule has 1 saturated carbocycles. The van der Waals surface area contributed by atoms with Crippen LogP contribution in [-0.2, 0) is 0 Å². The molecule has 1 amide bonds. The lowest BCUT2D eigenvalue weighted by Crippen LogP contribution is -2.25. The van der Waals surface area contributed by atoms with E-state index < -0.39 is 0 Å². The van der Waals surface area contributed by atoms with Crippen LogP contribution in [0, 0.1) is 6.92 Å². The van der Waals surface area contributed by atoms with Crippen LogP contribution in [0.2, 0.25) is 0 Å². The van der Waals surface area contributed by atoms with E-state index in [9.17, 15) is 4.79 Å². The van der Waals surface area contributed by atoms with Gasteiger partial charge < -0.3 is 10.3 Å². The zero-order valence-corrected chi connectivity index (χ0v) is 9.21. The van der Waals surface area contributed by atoms with Crippen LogP contribution in [0.1, 0.15) is 28.9 Å². The van der Waals surface area contributed by atoms with Crippen molar-refractivity contribution in [3.8, 4) is 0 Å². The van der Waals surface area contributed by atoms with Crippen molar-refractivity contribution in [1.82, 2.24) is 10.3 Å². The number of fused-ring (bicyclic) bond motifs is 1. The number of carbonyl (C=O) groups excluding carboxylic acids is 1. The highest BCUT2D eigenvalue weighted by Gasteiger charge is 2.24. The minimum absolute atomic E-state index is 0.0121. The van der Waals surface area contributed by atoms with Gasteiger partial charge in [0.15, 0.2) is 0 Å². The van der Waals surface area contributed by atoms with Gasteiger partial charge in [-0.25, -0.2) is 0 Å². The lowest BCUT2D eigenvalue weighted by Gasteiger charge is -1.98. The lowest BCUT2D eigenvalue weighted by molar-refractivity contribution is 0.0947. The van der Waals surface area contributed by atoms with E-state index in [-0.39, 0.29) is 5.91 Å². The molecule has 3 rings (SSSR count). The number of nitrogens with one attached hydrogen (secondary N) is 2. The molecule has 0 bridgehead atoms. The van der Waals surface area contributed by atoms with Gasteiger partial charge in [-0.1, -0.05) is 12.1 Å². The first-order chi connectivity index (χ1) is 7.74. The van der Waals surface area contributed by atoms with Crippen molar-refractivity contribution in [3.05, 3.63) is 35.5 Å². The van der Waals surface area contributed by atoms with E-state index >= 15 is 0 Å². The van der Waals surface area contributed by atoms with Crippen molar-refractivity contribution in [1.29, 1.82) is 0 Å². The fraction of sp³-hybridized carbons (Fsp3) is 0.308. The molecular weight excluding hydrogens is 200 g/mol. The average molecular weight is 214 g/mol. The van der Waals surface area contributed by atoms with Gasteiger partial charge in [0.05, 0.1) is 0 Å². The fourth-order valence-corrected chi connectivity index (χ4v) is 1.92. The Balaban J connectivity index is 1.97. The number of carbonyl (C=O) groups is 1. The molecule has 82 valence electrons. The molecule has 0 radical (unpaired) electrons. The Labute approximate surface area is 93.9 Å². The summed E-state index contributed by atoms with van der Waals surface area (Å²) in [6, 6.07) is 8.38. The molecule has 1 heterocycles. The van der Waals surface area contributed by atoms with Crippen molar-refractivity contribution < 1.29 is 4.79 Å². The quantitative estimate of drug-likeness (QED) is 0.792. The van der Waals surface area contributed by atoms with Crippen molar-refractivity contribution >= 4 is 16.8 Å². The van der Waals surface area contributed by atoms with Crippen LogP contribution in [0.25, 0.3) is 10.9 Å². The third-order valence-electron chi connectivity index (χ3n) is 3.04. The van der Waals surface area contributed by atoms with Gasteiger partial charge in [0.1, 0.15) is 5.69 Å². The molecule has 1 aliphatic carbocycles. The molecule has 0 atom stereocenters. The van der Waals surface area contributed by atoms with Crippen LogP contribution >= 0.6 is 0 Å². The van der Waals surface area contributed by atoms with Crippen molar-refractivity contribution in [3.63, 3.8) is 0 Å². The Hall–Kier alpha value is -1.77. The molecule has 0 spiro atoms. The SMILES string of the molecule is Cc1cccc2[nH]c(C(=O)NC3CC3)cc12. The first-order valence-electron chi connectivity index (χ1n) is 5.63. The van der Waals surface area contributed by atoms with E-state index in [1.807, 2.05) is 18.2 Å². The van der Waals surface area contributed by atoms with Gasteiger partial charge in [0.2, 0.25) is 0 Å². The highest BCUT2D eigenvalue weighted by Crippen LogP contribution is 2.22. The molecule has 3 heteroatoms. The second kappa shape index (κ2) is 3.37. The molecule has 1 fully saturated rings. The fourth-order valence-electron chi connectivity index (χ4n) is 1.92. The Morgan fingerprint density at radius 2 is 2.25 bits per heavy atom. The molecule has 1 aromatic carbocycles. The molecule has 1 aromatic heterocycles. The minimum Gasteiger partial charge on any atom is -0.351 e. The van der Waals surface area contributed by atoms with E-state index in [1.165, 1.54) is 5.56 Å².